The molecule has 0 aliphatic carbocycles. The van der Waals surface area contributed by atoms with Gasteiger partial charge in [-0.25, -0.2) is 8.42 Å². The van der Waals surface area contributed by atoms with Crippen molar-refractivity contribution in [3.05, 3.63) is 29.8 Å². The molecule has 1 aliphatic heterocycles. The molecule has 1 aromatic carbocycles. The summed E-state index contributed by atoms with van der Waals surface area (Å²) in [6.45, 7) is 4.89. The maximum absolute atomic E-state index is 12.8. The van der Waals surface area contributed by atoms with E-state index < -0.39 is 10.0 Å². The van der Waals surface area contributed by atoms with Crippen LogP contribution in [0.2, 0.25) is 0 Å². The fraction of sp³-hybridized carbons (Fsp3) is 0.579. The first-order valence-electron chi connectivity index (χ1n) is 9.13. The minimum atomic E-state index is -3.65. The molecule has 0 radical (unpaired) electrons. The highest BCUT2D eigenvalue weighted by Gasteiger charge is 2.33. The molecule has 1 aromatic rings. The summed E-state index contributed by atoms with van der Waals surface area (Å²) in [7, 11) is -1.83. The van der Waals surface area contributed by atoms with E-state index >= 15 is 0 Å². The van der Waals surface area contributed by atoms with Gasteiger partial charge in [-0.1, -0.05) is 25.5 Å². The normalized spacial score (nSPS) is 16.4. The summed E-state index contributed by atoms with van der Waals surface area (Å²) in [5, 5.41) is 0. The van der Waals surface area contributed by atoms with Crippen LogP contribution in [-0.2, 0) is 14.8 Å². The van der Waals surface area contributed by atoms with Crippen LogP contribution in [-0.4, -0.2) is 56.0 Å². The first-order chi connectivity index (χ1) is 12.3. The summed E-state index contributed by atoms with van der Waals surface area (Å²) >= 11 is 0. The predicted octanol–water partition coefficient (Wildman–Crippen LogP) is 2.55. The number of piperidine rings is 1. The summed E-state index contributed by atoms with van der Waals surface area (Å²) < 4.78 is 27.1. The lowest BCUT2D eigenvalue weighted by Gasteiger charge is -2.32. The number of nitrogens with zero attached hydrogens (tertiary/aromatic N) is 2. The molecule has 1 saturated heterocycles. The number of carbonyl (C=O) groups is 2. The van der Waals surface area contributed by atoms with Crippen LogP contribution in [0.15, 0.2) is 29.2 Å². The van der Waals surface area contributed by atoms with Crippen LogP contribution in [0.1, 0.15) is 49.9 Å². The van der Waals surface area contributed by atoms with E-state index in [4.69, 9.17) is 0 Å². The van der Waals surface area contributed by atoms with Gasteiger partial charge in [-0.3, -0.25) is 9.59 Å². The molecule has 0 bridgehead atoms. The van der Waals surface area contributed by atoms with Crippen LogP contribution >= 0.6 is 0 Å². The van der Waals surface area contributed by atoms with E-state index in [0.717, 1.165) is 19.4 Å². The molecule has 1 heterocycles. The Kier molecular flexibility index (Phi) is 6.94. The zero-order chi connectivity index (χ0) is 19.3. The number of unbranched alkanes of at least 4 members (excludes halogenated alkanes) is 1. The van der Waals surface area contributed by atoms with Crippen LogP contribution in [0.25, 0.3) is 0 Å². The summed E-state index contributed by atoms with van der Waals surface area (Å²) in [6, 6.07) is 6.13. The zero-order valence-electron chi connectivity index (χ0n) is 15.8. The number of benzene rings is 1. The first kappa shape index (κ1) is 20.6. The van der Waals surface area contributed by atoms with Gasteiger partial charge < -0.3 is 4.90 Å². The van der Waals surface area contributed by atoms with Crippen molar-refractivity contribution >= 4 is 21.7 Å². The third-order valence-electron chi connectivity index (χ3n) is 4.90. The quantitative estimate of drug-likeness (QED) is 0.681. The number of carbonyl (C=O) groups excluding carboxylic acids is 2. The molecule has 26 heavy (non-hydrogen) atoms. The smallest absolute Gasteiger partial charge is 0.243 e. The molecule has 7 heteroatoms. The largest absolute Gasteiger partial charge is 0.346 e. The molecule has 0 N–H and O–H groups in total. The van der Waals surface area contributed by atoms with Gasteiger partial charge in [0.1, 0.15) is 0 Å². The van der Waals surface area contributed by atoms with Crippen molar-refractivity contribution in [2.75, 3.05) is 26.7 Å². The Morgan fingerprint density at radius 2 is 1.88 bits per heavy atom. The average molecular weight is 381 g/mol. The predicted molar refractivity (Wildman–Crippen MR) is 100 cm³/mol. The second-order valence-corrected chi connectivity index (χ2v) is 8.81. The zero-order valence-corrected chi connectivity index (χ0v) is 16.6. The molecule has 1 aliphatic rings. The number of sulfonamides is 1. The van der Waals surface area contributed by atoms with E-state index in [1.165, 1.54) is 23.4 Å². The summed E-state index contributed by atoms with van der Waals surface area (Å²) in [4.78, 5) is 25.9. The number of Topliss-reactive ketones (excluding diaryl/α,β-unsaturated/α-hetero) is 1. The second kappa shape index (κ2) is 8.77. The van der Waals surface area contributed by atoms with E-state index in [-0.39, 0.29) is 22.5 Å². The molecular weight excluding hydrogens is 352 g/mol. The summed E-state index contributed by atoms with van der Waals surface area (Å²) in [5.41, 5.74) is 0.383. The lowest BCUT2D eigenvalue weighted by molar-refractivity contribution is -0.135. The van der Waals surface area contributed by atoms with Crippen molar-refractivity contribution in [3.63, 3.8) is 0 Å². The van der Waals surface area contributed by atoms with Crippen molar-refractivity contribution in [1.29, 1.82) is 0 Å². The lowest BCUT2D eigenvalue weighted by atomic mass is 9.96. The SMILES string of the molecule is CCCCN(C)C(=O)C1CCN(S(=O)(=O)c2cccc(C(C)=O)c2)CC1. The van der Waals surface area contributed by atoms with Crippen LogP contribution < -0.4 is 0 Å². The van der Waals surface area contributed by atoms with Crippen molar-refractivity contribution in [2.45, 2.75) is 44.4 Å². The number of ketones is 1. The molecule has 6 nitrogen and oxygen atoms in total. The highest BCUT2D eigenvalue weighted by Crippen LogP contribution is 2.25. The van der Waals surface area contributed by atoms with E-state index in [9.17, 15) is 18.0 Å². The molecule has 1 amide bonds. The lowest BCUT2D eigenvalue weighted by Crippen LogP contribution is -2.43. The minimum absolute atomic E-state index is 0.106. The molecule has 0 spiro atoms. The first-order valence-corrected chi connectivity index (χ1v) is 10.6. The number of hydrogen-bond acceptors (Lipinski definition) is 4. The molecule has 2 rings (SSSR count). The molecule has 0 unspecified atom stereocenters. The Labute approximate surface area is 156 Å². The van der Waals surface area contributed by atoms with E-state index in [1.54, 1.807) is 17.0 Å². The third kappa shape index (κ3) is 4.71. The fourth-order valence-corrected chi connectivity index (χ4v) is 4.70. The monoisotopic (exact) mass is 380 g/mol. The van der Waals surface area contributed by atoms with Gasteiger partial charge in [0, 0.05) is 38.2 Å². The molecule has 1 fully saturated rings. The van der Waals surface area contributed by atoms with Crippen LogP contribution in [0.3, 0.4) is 0 Å². The van der Waals surface area contributed by atoms with Gasteiger partial charge in [-0.05, 0) is 38.3 Å². The van der Waals surface area contributed by atoms with Crippen LogP contribution in [0.5, 0.6) is 0 Å². The Balaban J connectivity index is 2.03. The van der Waals surface area contributed by atoms with E-state index in [1.807, 2.05) is 7.05 Å². The Morgan fingerprint density at radius 1 is 1.23 bits per heavy atom. The second-order valence-electron chi connectivity index (χ2n) is 6.88. The molecule has 0 aromatic heterocycles. The summed E-state index contributed by atoms with van der Waals surface area (Å²) in [6.07, 6.45) is 3.07. The van der Waals surface area contributed by atoms with Gasteiger partial charge >= 0.3 is 0 Å². The topological polar surface area (TPSA) is 74.8 Å². The minimum Gasteiger partial charge on any atom is -0.346 e. The number of hydrogen-bond donors (Lipinski definition) is 0. The van der Waals surface area contributed by atoms with E-state index in [0.29, 0.717) is 31.5 Å². The maximum Gasteiger partial charge on any atom is 0.243 e. The Bertz CT molecular complexity index is 753. The van der Waals surface area contributed by atoms with Gasteiger partial charge in [0.2, 0.25) is 15.9 Å². The van der Waals surface area contributed by atoms with Gasteiger partial charge in [0.05, 0.1) is 4.90 Å². The van der Waals surface area contributed by atoms with Crippen molar-refractivity contribution in [1.82, 2.24) is 9.21 Å². The molecular formula is C19H28N2O4S. The standard InChI is InChI=1S/C19H28N2O4S/c1-4-5-11-20(3)19(23)16-9-12-21(13-10-16)26(24,25)18-8-6-7-17(14-18)15(2)22/h6-8,14,16H,4-5,9-13H2,1-3H3. The van der Waals surface area contributed by atoms with Gasteiger partial charge in [-0.15, -0.1) is 0 Å². The van der Waals surface area contributed by atoms with Gasteiger partial charge in [0.25, 0.3) is 0 Å². The van der Waals surface area contributed by atoms with Crippen molar-refractivity contribution in [2.24, 2.45) is 5.92 Å². The Morgan fingerprint density at radius 3 is 2.46 bits per heavy atom. The fourth-order valence-electron chi connectivity index (χ4n) is 3.18. The highest BCUT2D eigenvalue weighted by atomic mass is 32.2. The third-order valence-corrected chi connectivity index (χ3v) is 6.80. The van der Waals surface area contributed by atoms with Crippen molar-refractivity contribution in [3.8, 4) is 0 Å². The van der Waals surface area contributed by atoms with E-state index in [2.05, 4.69) is 6.92 Å². The van der Waals surface area contributed by atoms with Gasteiger partial charge in [-0.2, -0.15) is 4.31 Å². The number of rotatable bonds is 7. The van der Waals surface area contributed by atoms with Crippen LogP contribution in [0.4, 0.5) is 0 Å². The number of amides is 1. The molecule has 0 saturated carbocycles. The van der Waals surface area contributed by atoms with Crippen molar-refractivity contribution < 1.29 is 18.0 Å². The maximum atomic E-state index is 12.8. The average Bonchev–Trinajstić information content (AvgIpc) is 2.65. The highest BCUT2D eigenvalue weighted by molar-refractivity contribution is 7.89. The summed E-state index contributed by atoms with van der Waals surface area (Å²) in [5.74, 6) is -0.178. The Hall–Kier alpha value is -1.73. The molecule has 0 atom stereocenters. The van der Waals surface area contributed by atoms with Gasteiger partial charge in [0.15, 0.2) is 5.78 Å². The molecule has 144 valence electrons. The van der Waals surface area contributed by atoms with Crippen LogP contribution in [0, 0.1) is 5.92 Å².